The zero-order chi connectivity index (χ0) is 7.56. The summed E-state index contributed by atoms with van der Waals surface area (Å²) < 4.78 is 16.4. The first-order valence-corrected chi connectivity index (χ1v) is 3.31. The van der Waals surface area contributed by atoms with Crippen molar-refractivity contribution in [2.45, 2.75) is 0 Å². The molecule has 0 saturated carbocycles. The molecule has 0 atom stereocenters. The Bertz CT molecular complexity index is 248. The molecular formula is C5H4FNO2S. The van der Waals surface area contributed by atoms with Gasteiger partial charge in [0, 0.05) is 5.38 Å². The number of hydrogen-bond donors (Lipinski definition) is 0. The number of aromatic nitrogens is 1. The fourth-order valence-corrected chi connectivity index (χ4v) is 0.959. The minimum atomic E-state index is -0.625. The highest BCUT2D eigenvalue weighted by molar-refractivity contribution is 7.08. The predicted octanol–water partition coefficient (Wildman–Crippen LogP) is 1.07. The molecular weight excluding hydrogens is 157 g/mol. The maximum Gasteiger partial charge on any atom is 0.357 e. The largest absolute Gasteiger partial charge is 0.464 e. The average Bonchev–Trinajstić information content (AvgIpc) is 2.34. The van der Waals surface area contributed by atoms with Gasteiger partial charge in [-0.1, -0.05) is 11.3 Å². The molecule has 0 radical (unpaired) electrons. The molecule has 0 aliphatic heterocycles. The van der Waals surface area contributed by atoms with Crippen LogP contribution in [-0.4, -0.2) is 18.1 Å². The molecule has 1 rings (SSSR count). The first-order valence-electron chi connectivity index (χ1n) is 2.43. The van der Waals surface area contributed by atoms with Crippen molar-refractivity contribution >= 4 is 17.3 Å². The smallest absolute Gasteiger partial charge is 0.357 e. The van der Waals surface area contributed by atoms with Crippen LogP contribution in [0.15, 0.2) is 5.38 Å². The summed E-state index contributed by atoms with van der Waals surface area (Å²) in [6, 6.07) is 0. The second-order valence-electron chi connectivity index (χ2n) is 1.48. The van der Waals surface area contributed by atoms with E-state index in [1.807, 2.05) is 0 Å². The Balaban J connectivity index is 2.85. The van der Waals surface area contributed by atoms with Gasteiger partial charge in [0.1, 0.15) is 0 Å². The van der Waals surface area contributed by atoms with Gasteiger partial charge < -0.3 is 4.74 Å². The average molecular weight is 161 g/mol. The van der Waals surface area contributed by atoms with Crippen LogP contribution in [0.5, 0.6) is 0 Å². The van der Waals surface area contributed by atoms with Gasteiger partial charge in [-0.15, -0.1) is 0 Å². The van der Waals surface area contributed by atoms with Crippen LogP contribution in [0, 0.1) is 5.26 Å². The normalized spacial score (nSPS) is 9.40. The van der Waals surface area contributed by atoms with E-state index in [9.17, 15) is 9.18 Å². The molecule has 0 bridgehead atoms. The Labute approximate surface area is 60.5 Å². The maximum absolute atomic E-state index is 12.1. The lowest BCUT2D eigenvalue weighted by Crippen LogP contribution is -2.00. The van der Waals surface area contributed by atoms with Crippen molar-refractivity contribution in [3.63, 3.8) is 0 Å². The molecule has 1 aromatic heterocycles. The summed E-state index contributed by atoms with van der Waals surface area (Å²) in [5.74, 6) is -0.611. The van der Waals surface area contributed by atoms with Crippen molar-refractivity contribution in [2.75, 3.05) is 7.11 Å². The Kier molecular flexibility index (Phi) is 1.96. The highest BCUT2D eigenvalue weighted by atomic mass is 32.1. The Morgan fingerprint density at radius 1 is 1.90 bits per heavy atom. The molecule has 0 aromatic carbocycles. The van der Waals surface area contributed by atoms with E-state index in [4.69, 9.17) is 0 Å². The number of carbonyl (C=O) groups excluding carboxylic acids is 1. The topological polar surface area (TPSA) is 39.2 Å². The first kappa shape index (κ1) is 7.14. The monoisotopic (exact) mass is 161 g/mol. The molecule has 0 N–H and O–H groups in total. The number of esters is 1. The van der Waals surface area contributed by atoms with Crippen LogP contribution < -0.4 is 0 Å². The van der Waals surface area contributed by atoms with Gasteiger partial charge in [-0.3, -0.25) is 0 Å². The number of rotatable bonds is 1. The van der Waals surface area contributed by atoms with Crippen molar-refractivity contribution in [1.82, 2.24) is 4.98 Å². The third-order valence-corrected chi connectivity index (χ3v) is 1.50. The van der Waals surface area contributed by atoms with Gasteiger partial charge in [0.25, 0.3) is 5.26 Å². The van der Waals surface area contributed by atoms with Crippen LogP contribution in [0.1, 0.15) is 10.5 Å². The number of carbonyl (C=O) groups is 1. The number of halogens is 1. The van der Waals surface area contributed by atoms with Crippen LogP contribution in [0.2, 0.25) is 0 Å². The second-order valence-corrected chi connectivity index (χ2v) is 2.29. The van der Waals surface area contributed by atoms with E-state index >= 15 is 0 Å². The van der Waals surface area contributed by atoms with Crippen LogP contribution in [0.3, 0.4) is 0 Å². The van der Waals surface area contributed by atoms with Crippen molar-refractivity contribution in [3.8, 4) is 0 Å². The van der Waals surface area contributed by atoms with Crippen LogP contribution >= 0.6 is 11.3 Å². The van der Waals surface area contributed by atoms with Crippen molar-refractivity contribution in [2.24, 2.45) is 0 Å². The standard InChI is InChI=1S/C5H4FNO2S/c1-9-4(8)3-2-10-5(6)7-3/h2H,1H3. The van der Waals surface area contributed by atoms with E-state index in [1.165, 1.54) is 12.5 Å². The molecule has 3 nitrogen and oxygen atoms in total. The molecule has 0 saturated heterocycles. The molecule has 10 heavy (non-hydrogen) atoms. The first-order chi connectivity index (χ1) is 4.74. The number of thiazole rings is 1. The highest BCUT2D eigenvalue weighted by Gasteiger charge is 2.09. The SMILES string of the molecule is COC(=O)c1csc(F)n1. The summed E-state index contributed by atoms with van der Waals surface area (Å²) in [5.41, 5.74) is 0.0185. The summed E-state index contributed by atoms with van der Waals surface area (Å²) in [6.07, 6.45) is 0. The van der Waals surface area contributed by atoms with Crippen molar-refractivity contribution in [3.05, 3.63) is 16.3 Å². The Hall–Kier alpha value is -0.970. The highest BCUT2D eigenvalue weighted by Crippen LogP contribution is 2.07. The molecule has 0 unspecified atom stereocenters. The summed E-state index contributed by atoms with van der Waals surface area (Å²) >= 11 is 0.769. The zero-order valence-electron chi connectivity index (χ0n) is 5.13. The lowest BCUT2D eigenvalue weighted by Gasteiger charge is -1.89. The van der Waals surface area contributed by atoms with Crippen molar-refractivity contribution in [1.29, 1.82) is 0 Å². The number of hydrogen-bond acceptors (Lipinski definition) is 4. The summed E-state index contributed by atoms with van der Waals surface area (Å²) in [5, 5.41) is 0.682. The van der Waals surface area contributed by atoms with Gasteiger partial charge in [-0.2, -0.15) is 4.39 Å². The van der Waals surface area contributed by atoms with Gasteiger partial charge in [0.15, 0.2) is 5.69 Å². The predicted molar refractivity (Wildman–Crippen MR) is 33.4 cm³/mol. The van der Waals surface area contributed by atoms with Gasteiger partial charge in [0.05, 0.1) is 7.11 Å². The maximum atomic E-state index is 12.1. The summed E-state index contributed by atoms with van der Waals surface area (Å²) in [4.78, 5) is 13.8. The molecule has 1 aromatic rings. The van der Waals surface area contributed by atoms with Gasteiger partial charge >= 0.3 is 5.97 Å². The minimum absolute atomic E-state index is 0.0185. The molecule has 1 heterocycles. The zero-order valence-corrected chi connectivity index (χ0v) is 5.94. The van der Waals surface area contributed by atoms with Crippen LogP contribution in [0.4, 0.5) is 4.39 Å². The van der Waals surface area contributed by atoms with E-state index in [1.54, 1.807) is 0 Å². The second kappa shape index (κ2) is 2.74. The van der Waals surface area contributed by atoms with Crippen LogP contribution in [-0.2, 0) is 4.74 Å². The minimum Gasteiger partial charge on any atom is -0.464 e. The number of methoxy groups -OCH3 is 1. The number of nitrogens with zero attached hydrogens (tertiary/aromatic N) is 1. The third kappa shape index (κ3) is 1.30. The van der Waals surface area contributed by atoms with E-state index in [-0.39, 0.29) is 5.69 Å². The van der Waals surface area contributed by atoms with E-state index in [0.717, 1.165) is 11.3 Å². The fourth-order valence-electron chi connectivity index (χ4n) is 0.450. The molecule has 54 valence electrons. The van der Waals surface area contributed by atoms with Gasteiger partial charge in [0.2, 0.25) is 0 Å². The fraction of sp³-hybridized carbons (Fsp3) is 0.200. The molecule has 0 amide bonds. The molecule has 0 fully saturated rings. The summed E-state index contributed by atoms with van der Waals surface area (Å²) in [6.45, 7) is 0. The quantitative estimate of drug-likeness (QED) is 0.578. The Morgan fingerprint density at radius 3 is 3.00 bits per heavy atom. The third-order valence-electron chi connectivity index (χ3n) is 0.871. The lowest BCUT2D eigenvalue weighted by molar-refractivity contribution is 0.0594. The van der Waals surface area contributed by atoms with E-state index < -0.39 is 11.2 Å². The molecule has 0 aliphatic carbocycles. The number of ether oxygens (including phenoxy) is 1. The Morgan fingerprint density at radius 2 is 2.60 bits per heavy atom. The molecule has 0 spiro atoms. The molecule has 5 heteroatoms. The van der Waals surface area contributed by atoms with Crippen LogP contribution in [0.25, 0.3) is 0 Å². The van der Waals surface area contributed by atoms with Gasteiger partial charge in [-0.25, -0.2) is 9.78 Å². The van der Waals surface area contributed by atoms with Gasteiger partial charge in [-0.05, 0) is 0 Å². The summed E-state index contributed by atoms with van der Waals surface area (Å²) in [7, 11) is 1.22. The van der Waals surface area contributed by atoms with E-state index in [2.05, 4.69) is 9.72 Å². The molecule has 0 aliphatic rings. The van der Waals surface area contributed by atoms with E-state index in [0.29, 0.717) is 0 Å². The lowest BCUT2D eigenvalue weighted by atomic mass is 10.5. The van der Waals surface area contributed by atoms with Crippen molar-refractivity contribution < 1.29 is 13.9 Å².